The summed E-state index contributed by atoms with van der Waals surface area (Å²) in [6, 6.07) is 0. The molecule has 1 rings (SSSR count). The van der Waals surface area contributed by atoms with Gasteiger partial charge in [-0.05, 0) is 30.6 Å². The highest BCUT2D eigenvalue weighted by Gasteiger charge is 2.46. The summed E-state index contributed by atoms with van der Waals surface area (Å²) in [5, 5.41) is 8.67. The van der Waals surface area contributed by atoms with Crippen molar-refractivity contribution < 1.29 is 27.8 Å². The van der Waals surface area contributed by atoms with E-state index < -0.39 is 24.7 Å². The van der Waals surface area contributed by atoms with Crippen LogP contribution in [0.3, 0.4) is 0 Å². The fourth-order valence-corrected chi connectivity index (χ4v) is 2.83. The summed E-state index contributed by atoms with van der Waals surface area (Å²) in [5.74, 6) is -3.38. The molecule has 0 heterocycles. The van der Waals surface area contributed by atoms with Crippen LogP contribution in [0.15, 0.2) is 0 Å². The number of halogens is 3. The molecule has 0 aromatic heterocycles. The zero-order chi connectivity index (χ0) is 15.5. The lowest BCUT2D eigenvalue weighted by Crippen LogP contribution is -2.40. The second-order valence-corrected chi connectivity index (χ2v) is 6.13. The number of carbonyl (C=O) groups is 1. The minimum atomic E-state index is -4.76. The van der Waals surface area contributed by atoms with Crippen molar-refractivity contribution in [3.63, 3.8) is 0 Å². The van der Waals surface area contributed by atoms with Gasteiger partial charge in [-0.3, -0.25) is 4.79 Å². The number of ether oxygens (including phenoxy) is 1. The third-order valence-corrected chi connectivity index (χ3v) is 4.13. The van der Waals surface area contributed by atoms with Crippen LogP contribution in [0.4, 0.5) is 13.2 Å². The molecule has 118 valence electrons. The summed E-state index contributed by atoms with van der Waals surface area (Å²) >= 11 is 0. The molecule has 3 nitrogen and oxygen atoms in total. The predicted molar refractivity (Wildman–Crippen MR) is 68.3 cm³/mol. The summed E-state index contributed by atoms with van der Waals surface area (Å²) in [7, 11) is 0. The van der Waals surface area contributed by atoms with Gasteiger partial charge < -0.3 is 9.84 Å². The van der Waals surface area contributed by atoms with Crippen LogP contribution in [0.5, 0.6) is 0 Å². The first-order chi connectivity index (χ1) is 9.12. The number of carboxylic acid groups (broad SMARTS) is 1. The predicted octanol–water partition coefficient (Wildman–Crippen LogP) is 3.73. The van der Waals surface area contributed by atoms with Crippen molar-refractivity contribution in [2.45, 2.75) is 52.3 Å². The van der Waals surface area contributed by atoms with Gasteiger partial charge in [0.25, 0.3) is 0 Å². The summed E-state index contributed by atoms with van der Waals surface area (Å²) in [6.07, 6.45) is -2.37. The van der Waals surface area contributed by atoms with E-state index in [1.807, 2.05) is 20.8 Å². The molecule has 1 aliphatic rings. The zero-order valence-corrected chi connectivity index (χ0v) is 12.1. The Hall–Kier alpha value is -0.780. The van der Waals surface area contributed by atoms with E-state index in [9.17, 15) is 18.0 Å². The molecular weight excluding hydrogens is 273 g/mol. The van der Waals surface area contributed by atoms with Gasteiger partial charge in [0.1, 0.15) is 0 Å². The lowest BCUT2D eigenvalue weighted by atomic mass is 9.75. The van der Waals surface area contributed by atoms with E-state index in [4.69, 9.17) is 9.84 Å². The van der Waals surface area contributed by atoms with E-state index in [1.54, 1.807) is 0 Å². The maximum Gasteiger partial charge on any atom is 0.404 e. The molecule has 1 unspecified atom stereocenters. The van der Waals surface area contributed by atoms with Crippen molar-refractivity contribution in [1.82, 2.24) is 0 Å². The fourth-order valence-electron chi connectivity index (χ4n) is 2.83. The Morgan fingerprint density at radius 1 is 1.35 bits per heavy atom. The van der Waals surface area contributed by atoms with Crippen LogP contribution < -0.4 is 0 Å². The molecular formula is C14H23F3O3. The Bertz CT molecular complexity index is 328. The number of alkyl halides is 3. The largest absolute Gasteiger partial charge is 0.481 e. The number of hydrogen-bond acceptors (Lipinski definition) is 2. The summed E-state index contributed by atoms with van der Waals surface area (Å²) < 4.78 is 43.2. The molecule has 4 atom stereocenters. The fraction of sp³-hybridized carbons (Fsp3) is 0.929. The highest BCUT2D eigenvalue weighted by molar-refractivity contribution is 5.71. The van der Waals surface area contributed by atoms with Crippen molar-refractivity contribution in [3.8, 4) is 0 Å². The van der Waals surface area contributed by atoms with Crippen LogP contribution >= 0.6 is 0 Å². The second kappa shape index (κ2) is 6.78. The Balaban J connectivity index is 2.66. The molecule has 0 aromatic rings. The number of rotatable bonds is 5. The van der Waals surface area contributed by atoms with Gasteiger partial charge in [0.15, 0.2) is 5.92 Å². The average Bonchev–Trinajstić information content (AvgIpc) is 2.26. The van der Waals surface area contributed by atoms with Crippen LogP contribution in [0.25, 0.3) is 0 Å². The molecule has 1 fully saturated rings. The molecule has 0 saturated heterocycles. The maximum absolute atomic E-state index is 12.6. The molecule has 20 heavy (non-hydrogen) atoms. The van der Waals surface area contributed by atoms with Crippen LogP contribution in [0.2, 0.25) is 0 Å². The molecule has 0 aromatic carbocycles. The van der Waals surface area contributed by atoms with Gasteiger partial charge in [0.05, 0.1) is 12.7 Å². The first kappa shape index (κ1) is 17.3. The van der Waals surface area contributed by atoms with Crippen molar-refractivity contribution >= 4 is 5.97 Å². The van der Waals surface area contributed by atoms with E-state index in [0.29, 0.717) is 18.3 Å². The molecule has 1 aliphatic carbocycles. The monoisotopic (exact) mass is 296 g/mol. The van der Waals surface area contributed by atoms with Crippen LogP contribution in [-0.4, -0.2) is 30.0 Å². The van der Waals surface area contributed by atoms with Gasteiger partial charge in [-0.1, -0.05) is 27.2 Å². The highest BCUT2D eigenvalue weighted by atomic mass is 19.4. The Morgan fingerprint density at radius 3 is 2.40 bits per heavy atom. The van der Waals surface area contributed by atoms with Crippen LogP contribution in [-0.2, 0) is 9.53 Å². The van der Waals surface area contributed by atoms with Crippen molar-refractivity contribution in [1.29, 1.82) is 0 Å². The molecule has 0 radical (unpaired) electrons. The van der Waals surface area contributed by atoms with Crippen molar-refractivity contribution in [2.24, 2.45) is 23.7 Å². The molecule has 1 N–H and O–H groups in total. The van der Waals surface area contributed by atoms with Gasteiger partial charge >= 0.3 is 12.1 Å². The van der Waals surface area contributed by atoms with E-state index in [0.717, 1.165) is 12.8 Å². The number of carboxylic acids is 1. The van der Waals surface area contributed by atoms with E-state index in [2.05, 4.69) is 0 Å². The van der Waals surface area contributed by atoms with Crippen LogP contribution in [0, 0.1) is 23.7 Å². The second-order valence-electron chi connectivity index (χ2n) is 6.13. The van der Waals surface area contributed by atoms with Crippen molar-refractivity contribution in [3.05, 3.63) is 0 Å². The van der Waals surface area contributed by atoms with Gasteiger partial charge in [-0.2, -0.15) is 13.2 Å². The number of hydrogen-bond donors (Lipinski definition) is 1. The lowest BCUT2D eigenvalue weighted by molar-refractivity contribution is -0.208. The van der Waals surface area contributed by atoms with Gasteiger partial charge in [0.2, 0.25) is 0 Å². The third-order valence-electron chi connectivity index (χ3n) is 4.13. The lowest BCUT2D eigenvalue weighted by Gasteiger charge is -2.37. The average molecular weight is 296 g/mol. The molecule has 0 aliphatic heterocycles. The zero-order valence-electron chi connectivity index (χ0n) is 12.1. The Labute approximate surface area is 117 Å². The van der Waals surface area contributed by atoms with E-state index in [1.165, 1.54) is 0 Å². The summed E-state index contributed by atoms with van der Waals surface area (Å²) in [5.41, 5.74) is 0. The van der Waals surface area contributed by atoms with Gasteiger partial charge in [-0.15, -0.1) is 0 Å². The quantitative estimate of drug-likeness (QED) is 0.841. The molecule has 0 spiro atoms. The SMILES string of the molecule is CC(C)[C@@H]1CC[C@@H](C)C[C@H]1OCC(C(=O)O)C(F)(F)F. The summed E-state index contributed by atoms with van der Waals surface area (Å²) in [6.45, 7) is 5.30. The summed E-state index contributed by atoms with van der Waals surface area (Å²) in [4.78, 5) is 10.7. The minimum absolute atomic E-state index is 0.203. The third kappa shape index (κ3) is 4.65. The first-order valence-electron chi connectivity index (χ1n) is 7.04. The van der Waals surface area contributed by atoms with Crippen LogP contribution in [0.1, 0.15) is 40.0 Å². The molecule has 6 heteroatoms. The minimum Gasteiger partial charge on any atom is -0.481 e. The smallest absolute Gasteiger partial charge is 0.404 e. The van der Waals surface area contributed by atoms with Crippen molar-refractivity contribution in [2.75, 3.05) is 6.61 Å². The Kier molecular flexibility index (Phi) is 5.86. The van der Waals surface area contributed by atoms with E-state index >= 15 is 0 Å². The highest BCUT2D eigenvalue weighted by Crippen LogP contribution is 2.36. The Morgan fingerprint density at radius 2 is 1.95 bits per heavy atom. The van der Waals surface area contributed by atoms with Gasteiger partial charge in [0, 0.05) is 0 Å². The van der Waals surface area contributed by atoms with E-state index in [-0.39, 0.29) is 12.0 Å². The van der Waals surface area contributed by atoms with Gasteiger partial charge in [-0.25, -0.2) is 0 Å². The standard InChI is InChI=1S/C14H23F3O3/c1-8(2)10-5-4-9(3)6-12(10)20-7-11(13(18)19)14(15,16)17/h8-12H,4-7H2,1-3H3,(H,18,19)/t9-,10+,11?,12-/m1/s1. The molecule has 1 saturated carbocycles. The normalized spacial score (nSPS) is 29.4. The topological polar surface area (TPSA) is 46.5 Å². The number of aliphatic carboxylic acids is 1. The maximum atomic E-state index is 12.6. The first-order valence-corrected chi connectivity index (χ1v) is 7.04. The molecule has 0 amide bonds. The molecule has 0 bridgehead atoms.